The molecule has 0 amide bonds. The second-order valence-corrected chi connectivity index (χ2v) is 6.54. The third-order valence-electron chi connectivity index (χ3n) is 5.08. The molecule has 1 aliphatic rings. The molecule has 2 nitrogen and oxygen atoms in total. The van der Waals surface area contributed by atoms with E-state index in [1.807, 2.05) is 0 Å². The van der Waals surface area contributed by atoms with E-state index in [0.717, 1.165) is 13.1 Å². The van der Waals surface area contributed by atoms with Crippen molar-refractivity contribution in [1.82, 2.24) is 5.32 Å². The molecule has 0 spiro atoms. The summed E-state index contributed by atoms with van der Waals surface area (Å²) in [7, 11) is 0. The van der Waals surface area contributed by atoms with E-state index in [-0.39, 0.29) is 0 Å². The van der Waals surface area contributed by atoms with E-state index in [1.54, 1.807) is 0 Å². The van der Waals surface area contributed by atoms with Crippen LogP contribution in [0.25, 0.3) is 0 Å². The third kappa shape index (κ3) is 3.54. The maximum atomic E-state index is 3.41. The summed E-state index contributed by atoms with van der Waals surface area (Å²) in [4.78, 5) is 2.56. The predicted octanol–water partition coefficient (Wildman–Crippen LogP) is 4.12. The van der Waals surface area contributed by atoms with Gasteiger partial charge in [0.05, 0.1) is 0 Å². The highest BCUT2D eigenvalue weighted by atomic mass is 15.1. The standard InChI is InChI=1S/C18H30N2/c1-5-18(4)9-11-20(12-10-18)17-8-7-16(14-19-6-2)15(3)13-17/h7-8,13,19H,5-6,9-12,14H2,1-4H3. The highest BCUT2D eigenvalue weighted by molar-refractivity contribution is 5.51. The van der Waals surface area contributed by atoms with Gasteiger partial charge in [-0.05, 0) is 55.0 Å². The quantitative estimate of drug-likeness (QED) is 0.869. The van der Waals surface area contributed by atoms with E-state index in [2.05, 4.69) is 56.1 Å². The minimum absolute atomic E-state index is 0.566. The molecule has 0 atom stereocenters. The van der Waals surface area contributed by atoms with Crippen LogP contribution in [-0.4, -0.2) is 19.6 Å². The van der Waals surface area contributed by atoms with Crippen LogP contribution in [-0.2, 0) is 6.54 Å². The van der Waals surface area contributed by atoms with Gasteiger partial charge in [0.25, 0.3) is 0 Å². The van der Waals surface area contributed by atoms with Crippen molar-refractivity contribution < 1.29 is 0 Å². The van der Waals surface area contributed by atoms with Crippen LogP contribution in [0.2, 0.25) is 0 Å². The molecule has 1 fully saturated rings. The normalized spacial score (nSPS) is 18.3. The number of benzene rings is 1. The summed E-state index contributed by atoms with van der Waals surface area (Å²) in [5, 5.41) is 3.41. The van der Waals surface area contributed by atoms with Crippen LogP contribution in [0.4, 0.5) is 5.69 Å². The highest BCUT2D eigenvalue weighted by Crippen LogP contribution is 2.35. The molecular weight excluding hydrogens is 244 g/mol. The Balaban J connectivity index is 2.02. The van der Waals surface area contributed by atoms with E-state index in [9.17, 15) is 0 Å². The summed E-state index contributed by atoms with van der Waals surface area (Å²) < 4.78 is 0. The van der Waals surface area contributed by atoms with Crippen LogP contribution in [0.3, 0.4) is 0 Å². The van der Waals surface area contributed by atoms with Gasteiger partial charge in [-0.25, -0.2) is 0 Å². The Morgan fingerprint density at radius 1 is 1.20 bits per heavy atom. The lowest BCUT2D eigenvalue weighted by atomic mass is 9.78. The van der Waals surface area contributed by atoms with E-state index < -0.39 is 0 Å². The first-order valence-electron chi connectivity index (χ1n) is 8.13. The third-order valence-corrected chi connectivity index (χ3v) is 5.08. The van der Waals surface area contributed by atoms with Crippen molar-refractivity contribution in [3.8, 4) is 0 Å². The highest BCUT2D eigenvalue weighted by Gasteiger charge is 2.28. The van der Waals surface area contributed by atoms with Gasteiger partial charge in [0.15, 0.2) is 0 Å². The molecule has 0 aromatic heterocycles. The first-order valence-corrected chi connectivity index (χ1v) is 8.13. The average molecular weight is 274 g/mol. The van der Waals surface area contributed by atoms with Crippen molar-refractivity contribution in [3.63, 3.8) is 0 Å². The van der Waals surface area contributed by atoms with Crippen LogP contribution in [0, 0.1) is 12.3 Å². The summed E-state index contributed by atoms with van der Waals surface area (Å²) in [6.45, 7) is 13.6. The van der Waals surface area contributed by atoms with Gasteiger partial charge < -0.3 is 10.2 Å². The average Bonchev–Trinajstić information content (AvgIpc) is 2.47. The molecule has 20 heavy (non-hydrogen) atoms. The fourth-order valence-electron chi connectivity index (χ4n) is 2.99. The van der Waals surface area contributed by atoms with E-state index in [1.165, 1.54) is 49.2 Å². The fourth-order valence-corrected chi connectivity index (χ4v) is 2.99. The molecule has 2 rings (SSSR count). The van der Waals surface area contributed by atoms with Crippen LogP contribution < -0.4 is 10.2 Å². The Bertz CT molecular complexity index is 431. The van der Waals surface area contributed by atoms with Crippen molar-refractivity contribution in [2.24, 2.45) is 5.41 Å². The molecule has 2 heteroatoms. The number of nitrogens with one attached hydrogen (secondary N) is 1. The smallest absolute Gasteiger partial charge is 0.0369 e. The number of anilines is 1. The summed E-state index contributed by atoms with van der Waals surface area (Å²) >= 11 is 0. The number of aryl methyl sites for hydroxylation is 1. The van der Waals surface area contributed by atoms with Crippen molar-refractivity contribution in [1.29, 1.82) is 0 Å². The Morgan fingerprint density at radius 2 is 1.90 bits per heavy atom. The lowest BCUT2D eigenvalue weighted by Gasteiger charge is -2.40. The maximum absolute atomic E-state index is 3.41. The first kappa shape index (κ1) is 15.4. The zero-order valence-electron chi connectivity index (χ0n) is 13.6. The van der Waals surface area contributed by atoms with E-state index in [4.69, 9.17) is 0 Å². The molecule has 1 heterocycles. The molecular formula is C18H30N2. The number of hydrogen-bond acceptors (Lipinski definition) is 2. The number of piperidine rings is 1. The number of rotatable bonds is 5. The minimum Gasteiger partial charge on any atom is -0.371 e. The zero-order chi connectivity index (χ0) is 14.6. The number of nitrogens with zero attached hydrogens (tertiary/aromatic N) is 1. The second-order valence-electron chi connectivity index (χ2n) is 6.54. The zero-order valence-corrected chi connectivity index (χ0v) is 13.6. The fraction of sp³-hybridized carbons (Fsp3) is 0.667. The summed E-state index contributed by atoms with van der Waals surface area (Å²) in [5.74, 6) is 0. The molecule has 1 aliphatic heterocycles. The van der Waals surface area contributed by atoms with Crippen molar-refractivity contribution in [3.05, 3.63) is 29.3 Å². The second kappa shape index (κ2) is 6.62. The lowest BCUT2D eigenvalue weighted by molar-refractivity contribution is 0.238. The van der Waals surface area contributed by atoms with Gasteiger partial charge in [-0.1, -0.05) is 33.3 Å². The molecule has 112 valence electrons. The van der Waals surface area contributed by atoms with Gasteiger partial charge in [-0.3, -0.25) is 0 Å². The van der Waals surface area contributed by atoms with E-state index >= 15 is 0 Å². The van der Waals surface area contributed by atoms with Gasteiger partial charge >= 0.3 is 0 Å². The molecule has 1 aromatic carbocycles. The Labute approximate surface area is 124 Å². The predicted molar refractivity (Wildman–Crippen MR) is 88.4 cm³/mol. The van der Waals surface area contributed by atoms with Gasteiger partial charge in [0.2, 0.25) is 0 Å². The maximum Gasteiger partial charge on any atom is 0.0369 e. The summed E-state index contributed by atoms with van der Waals surface area (Å²) in [5.41, 5.74) is 4.80. The molecule has 1 aromatic rings. The van der Waals surface area contributed by atoms with Crippen LogP contribution in [0.15, 0.2) is 18.2 Å². The van der Waals surface area contributed by atoms with Gasteiger partial charge in [0, 0.05) is 25.3 Å². The molecule has 1 saturated heterocycles. The van der Waals surface area contributed by atoms with Crippen molar-refractivity contribution in [2.45, 2.75) is 53.5 Å². The molecule has 1 N–H and O–H groups in total. The molecule has 0 bridgehead atoms. The molecule has 0 radical (unpaired) electrons. The largest absolute Gasteiger partial charge is 0.371 e. The molecule has 0 aliphatic carbocycles. The summed E-state index contributed by atoms with van der Waals surface area (Å²) in [6.07, 6.45) is 3.95. The van der Waals surface area contributed by atoms with Gasteiger partial charge in [-0.15, -0.1) is 0 Å². The SMILES string of the molecule is CCNCc1ccc(N2CCC(C)(CC)CC2)cc1C. The van der Waals surface area contributed by atoms with Gasteiger partial charge in [0.1, 0.15) is 0 Å². The van der Waals surface area contributed by atoms with Crippen LogP contribution in [0.5, 0.6) is 0 Å². The minimum atomic E-state index is 0.566. The van der Waals surface area contributed by atoms with Crippen molar-refractivity contribution in [2.75, 3.05) is 24.5 Å². The molecule has 0 unspecified atom stereocenters. The Morgan fingerprint density at radius 3 is 2.45 bits per heavy atom. The van der Waals surface area contributed by atoms with E-state index in [0.29, 0.717) is 5.41 Å². The monoisotopic (exact) mass is 274 g/mol. The Kier molecular flexibility index (Phi) is 5.09. The summed E-state index contributed by atoms with van der Waals surface area (Å²) in [6, 6.07) is 6.95. The number of hydrogen-bond donors (Lipinski definition) is 1. The first-order chi connectivity index (χ1) is 9.58. The Hall–Kier alpha value is -1.02. The van der Waals surface area contributed by atoms with Crippen LogP contribution >= 0.6 is 0 Å². The molecule has 0 saturated carbocycles. The van der Waals surface area contributed by atoms with Gasteiger partial charge in [-0.2, -0.15) is 0 Å². The topological polar surface area (TPSA) is 15.3 Å². The lowest BCUT2D eigenvalue weighted by Crippen LogP contribution is -2.38. The van der Waals surface area contributed by atoms with Crippen molar-refractivity contribution >= 4 is 5.69 Å². The van der Waals surface area contributed by atoms with Crippen LogP contribution in [0.1, 0.15) is 51.2 Å².